The quantitative estimate of drug-likeness (QED) is 0.534. The van der Waals surface area contributed by atoms with Crippen molar-refractivity contribution in [2.45, 2.75) is 38.2 Å². The van der Waals surface area contributed by atoms with E-state index in [2.05, 4.69) is 15.6 Å². The summed E-state index contributed by atoms with van der Waals surface area (Å²) >= 11 is 0. The van der Waals surface area contributed by atoms with E-state index in [0.29, 0.717) is 30.4 Å². The van der Waals surface area contributed by atoms with Crippen LogP contribution in [0.4, 0.5) is 10.1 Å². The number of anilines is 1. The third-order valence-corrected chi connectivity index (χ3v) is 6.90. The van der Waals surface area contributed by atoms with Crippen molar-refractivity contribution in [3.63, 3.8) is 0 Å². The Labute approximate surface area is 185 Å². The number of nitrogens with one attached hydrogen (secondary N) is 3. The smallest absolute Gasteiger partial charge is 0.229 e. The minimum atomic E-state index is -0.170. The highest BCUT2D eigenvalue weighted by molar-refractivity contribution is 6.00. The van der Waals surface area contributed by atoms with Crippen molar-refractivity contribution in [3.8, 4) is 11.5 Å². The Morgan fingerprint density at radius 2 is 2.12 bits per heavy atom. The zero-order valence-corrected chi connectivity index (χ0v) is 17.8. The van der Waals surface area contributed by atoms with Gasteiger partial charge < -0.3 is 25.1 Å². The number of hydrogen-bond donors (Lipinski definition) is 3. The van der Waals surface area contributed by atoms with E-state index in [4.69, 9.17) is 9.47 Å². The van der Waals surface area contributed by atoms with Crippen LogP contribution in [0.15, 0.2) is 30.3 Å². The maximum absolute atomic E-state index is 13.6. The number of carbonyl (C=O) groups is 1. The van der Waals surface area contributed by atoms with E-state index in [9.17, 15) is 9.18 Å². The summed E-state index contributed by atoms with van der Waals surface area (Å²) in [6.45, 7) is 2.12. The van der Waals surface area contributed by atoms with Crippen molar-refractivity contribution in [2.75, 3.05) is 25.0 Å². The average molecular weight is 435 g/mol. The van der Waals surface area contributed by atoms with Crippen LogP contribution in [0.25, 0.3) is 10.9 Å². The van der Waals surface area contributed by atoms with Crippen LogP contribution in [0.1, 0.15) is 29.7 Å². The Morgan fingerprint density at radius 3 is 3.06 bits per heavy atom. The maximum Gasteiger partial charge on any atom is 0.229 e. The Balaban J connectivity index is 1.01. The molecular formula is C25H26FN3O3. The van der Waals surface area contributed by atoms with Crippen LogP contribution in [0.2, 0.25) is 0 Å². The summed E-state index contributed by atoms with van der Waals surface area (Å²) in [6, 6.07) is 8.77. The topological polar surface area (TPSA) is 75.4 Å². The molecule has 3 N–H and O–H groups in total. The average Bonchev–Trinajstić information content (AvgIpc) is 3.35. The summed E-state index contributed by atoms with van der Waals surface area (Å²) in [5.41, 5.74) is 5.32. The Kier molecular flexibility index (Phi) is 4.79. The third kappa shape index (κ3) is 3.50. The van der Waals surface area contributed by atoms with Crippen molar-refractivity contribution in [1.82, 2.24) is 10.3 Å². The molecule has 0 bridgehead atoms. The zero-order valence-electron chi connectivity index (χ0n) is 17.8. The highest BCUT2D eigenvalue weighted by Crippen LogP contribution is 2.41. The lowest BCUT2D eigenvalue weighted by Gasteiger charge is -2.28. The van der Waals surface area contributed by atoms with E-state index in [1.165, 1.54) is 17.3 Å². The molecule has 2 unspecified atom stereocenters. The lowest BCUT2D eigenvalue weighted by atomic mass is 9.85. The number of hydrogen-bond acceptors (Lipinski definition) is 4. The molecule has 0 saturated carbocycles. The first-order valence-electron chi connectivity index (χ1n) is 11.4. The number of fused-ring (bicyclic) bond motifs is 6. The van der Waals surface area contributed by atoms with Gasteiger partial charge in [0.05, 0.1) is 6.42 Å². The van der Waals surface area contributed by atoms with Crippen LogP contribution in [0.3, 0.4) is 0 Å². The molecule has 3 aliphatic rings. The second-order valence-corrected chi connectivity index (χ2v) is 9.07. The van der Waals surface area contributed by atoms with E-state index in [1.807, 2.05) is 18.2 Å². The number of aromatic amines is 1. The Bertz CT molecular complexity index is 1200. The molecule has 166 valence electrons. The van der Waals surface area contributed by atoms with Crippen LogP contribution in [-0.2, 0) is 24.1 Å². The number of rotatable bonds is 5. The number of amides is 1. The molecule has 6 nitrogen and oxygen atoms in total. The molecule has 32 heavy (non-hydrogen) atoms. The fourth-order valence-corrected chi connectivity index (χ4v) is 5.29. The van der Waals surface area contributed by atoms with Crippen LogP contribution >= 0.6 is 0 Å². The molecule has 2 aromatic carbocycles. The van der Waals surface area contributed by atoms with Gasteiger partial charge in [-0.25, -0.2) is 4.39 Å². The van der Waals surface area contributed by atoms with Crippen molar-refractivity contribution in [1.29, 1.82) is 0 Å². The number of aryl methyl sites for hydroxylation is 1. The minimum absolute atomic E-state index is 0.00441. The molecular weight excluding hydrogens is 409 g/mol. The van der Waals surface area contributed by atoms with Crippen molar-refractivity contribution in [2.24, 2.45) is 5.92 Å². The van der Waals surface area contributed by atoms with Crippen molar-refractivity contribution >= 4 is 22.5 Å². The van der Waals surface area contributed by atoms with E-state index < -0.39 is 0 Å². The molecule has 2 atom stereocenters. The largest absolute Gasteiger partial charge is 0.485 e. The number of H-pyrrole nitrogens is 1. The third-order valence-electron chi connectivity index (χ3n) is 6.90. The first kappa shape index (κ1) is 19.6. The number of benzene rings is 2. The molecule has 0 saturated heterocycles. The van der Waals surface area contributed by atoms with Gasteiger partial charge in [-0.15, -0.1) is 0 Å². The van der Waals surface area contributed by atoms with E-state index >= 15 is 0 Å². The fraction of sp³-hybridized carbons (Fsp3) is 0.400. The van der Waals surface area contributed by atoms with Gasteiger partial charge in [0.1, 0.15) is 18.5 Å². The summed E-state index contributed by atoms with van der Waals surface area (Å²) in [6.07, 6.45) is 4.54. The molecule has 6 rings (SSSR count). The second kappa shape index (κ2) is 7.81. The molecule has 1 aliphatic carbocycles. The van der Waals surface area contributed by atoms with E-state index in [0.717, 1.165) is 60.9 Å². The molecule has 2 aliphatic heterocycles. The lowest BCUT2D eigenvalue weighted by Crippen LogP contribution is -2.39. The molecule has 0 spiro atoms. The first-order chi connectivity index (χ1) is 15.6. The summed E-state index contributed by atoms with van der Waals surface area (Å²) in [5, 5.41) is 7.40. The van der Waals surface area contributed by atoms with Crippen LogP contribution in [-0.4, -0.2) is 36.7 Å². The Hall–Kier alpha value is -3.06. The molecule has 7 heteroatoms. The van der Waals surface area contributed by atoms with Crippen LogP contribution < -0.4 is 20.1 Å². The Morgan fingerprint density at radius 1 is 1.19 bits per heavy atom. The minimum Gasteiger partial charge on any atom is -0.485 e. The van der Waals surface area contributed by atoms with Gasteiger partial charge in [-0.3, -0.25) is 4.79 Å². The standard InChI is InChI=1S/C25H26FN3O3/c26-15-2-4-20-18(10-15)17-3-1-14(9-22(17)28-20)7-8-27-12-16-13-31-25-19-11-24(30)29-21(19)5-6-23(25)32-16/h2,4-6,10,14,16,27-28H,1,3,7-9,11-13H2,(H,29,30). The van der Waals surface area contributed by atoms with Crippen molar-refractivity contribution < 1.29 is 18.7 Å². The maximum atomic E-state index is 13.6. The molecule has 3 aromatic rings. The summed E-state index contributed by atoms with van der Waals surface area (Å²) in [7, 11) is 0. The molecule has 0 fully saturated rings. The van der Waals surface area contributed by atoms with E-state index in [-0.39, 0.29) is 17.8 Å². The van der Waals surface area contributed by atoms with Crippen LogP contribution in [0.5, 0.6) is 11.5 Å². The summed E-state index contributed by atoms with van der Waals surface area (Å²) < 4.78 is 25.7. The summed E-state index contributed by atoms with van der Waals surface area (Å²) in [4.78, 5) is 15.1. The first-order valence-corrected chi connectivity index (χ1v) is 11.4. The van der Waals surface area contributed by atoms with E-state index in [1.54, 1.807) is 6.07 Å². The number of aromatic nitrogens is 1. The van der Waals surface area contributed by atoms with Gasteiger partial charge in [-0.1, -0.05) is 0 Å². The molecule has 1 aromatic heterocycles. The van der Waals surface area contributed by atoms with Gasteiger partial charge >= 0.3 is 0 Å². The van der Waals surface area contributed by atoms with Gasteiger partial charge in [-0.2, -0.15) is 0 Å². The van der Waals surface area contributed by atoms with Gasteiger partial charge in [0.2, 0.25) is 5.91 Å². The number of ether oxygens (including phenoxy) is 2. The predicted octanol–water partition coefficient (Wildman–Crippen LogP) is 3.73. The highest BCUT2D eigenvalue weighted by atomic mass is 19.1. The predicted molar refractivity (Wildman–Crippen MR) is 120 cm³/mol. The summed E-state index contributed by atoms with van der Waals surface area (Å²) in [5.74, 6) is 1.86. The van der Waals surface area contributed by atoms with Crippen molar-refractivity contribution in [3.05, 3.63) is 53.0 Å². The van der Waals surface area contributed by atoms with Gasteiger partial charge in [-0.05, 0) is 74.0 Å². The lowest BCUT2D eigenvalue weighted by molar-refractivity contribution is -0.115. The molecule has 1 amide bonds. The second-order valence-electron chi connectivity index (χ2n) is 9.07. The normalized spacial score (nSPS) is 21.3. The number of carbonyl (C=O) groups excluding carboxylic acids is 1. The monoisotopic (exact) mass is 435 g/mol. The fourth-order valence-electron chi connectivity index (χ4n) is 5.29. The van der Waals surface area contributed by atoms with Crippen LogP contribution in [0, 0.1) is 11.7 Å². The highest BCUT2D eigenvalue weighted by Gasteiger charge is 2.29. The molecule has 0 radical (unpaired) electrons. The zero-order chi connectivity index (χ0) is 21.7. The van der Waals surface area contributed by atoms with Gasteiger partial charge in [0, 0.05) is 34.4 Å². The van der Waals surface area contributed by atoms with Gasteiger partial charge in [0.25, 0.3) is 0 Å². The van der Waals surface area contributed by atoms with Gasteiger partial charge in [0.15, 0.2) is 11.5 Å². The molecule has 3 heterocycles. The number of halogens is 1. The SMILES string of the molecule is O=C1Cc2c(ccc3c2OCC(CNCCC2CCc4c([nH]c5ccc(F)cc45)C2)O3)N1.